The first-order chi connectivity index (χ1) is 8.25. The lowest BCUT2D eigenvalue weighted by molar-refractivity contribution is 0.100. The van der Waals surface area contributed by atoms with Gasteiger partial charge in [0.25, 0.3) is 0 Å². The van der Waals surface area contributed by atoms with Crippen LogP contribution >= 0.6 is 0 Å². The van der Waals surface area contributed by atoms with E-state index in [4.69, 9.17) is 5.73 Å². The Labute approximate surface area is 98.2 Å². The van der Waals surface area contributed by atoms with Gasteiger partial charge in [-0.15, -0.1) is 0 Å². The summed E-state index contributed by atoms with van der Waals surface area (Å²) < 4.78 is 0. The van der Waals surface area contributed by atoms with Crippen molar-refractivity contribution in [3.8, 4) is 0 Å². The second kappa shape index (κ2) is 3.66. The number of benzene rings is 1. The number of fused-ring (bicyclic) bond motifs is 3. The molecule has 0 unspecified atom stereocenters. The molecule has 3 rings (SSSR count). The molecule has 17 heavy (non-hydrogen) atoms. The van der Waals surface area contributed by atoms with E-state index in [9.17, 15) is 4.79 Å². The number of carbonyl (C=O) groups excluding carboxylic acids is 1. The molecule has 0 spiro atoms. The second-order valence-electron chi connectivity index (χ2n) is 4.08. The van der Waals surface area contributed by atoms with Crippen LogP contribution in [0.15, 0.2) is 29.4 Å². The number of hydrogen-bond donors (Lipinski definition) is 1. The number of aryl methyl sites for hydroxylation is 1. The van der Waals surface area contributed by atoms with Crippen LogP contribution in [-0.2, 0) is 6.42 Å². The Kier molecular flexibility index (Phi) is 2.14. The number of nitrogens with zero attached hydrogens (tertiary/aromatic N) is 2. The van der Waals surface area contributed by atoms with Gasteiger partial charge in [0.1, 0.15) is 0 Å². The van der Waals surface area contributed by atoms with Crippen molar-refractivity contribution >= 4 is 28.7 Å². The van der Waals surface area contributed by atoms with Crippen molar-refractivity contribution in [2.45, 2.75) is 12.8 Å². The van der Waals surface area contributed by atoms with Crippen molar-refractivity contribution in [2.24, 2.45) is 10.7 Å². The molecule has 1 aliphatic heterocycles. The number of rotatable bonds is 1. The van der Waals surface area contributed by atoms with Crippen LogP contribution in [-0.4, -0.2) is 17.1 Å². The Morgan fingerprint density at radius 2 is 2.24 bits per heavy atom. The lowest BCUT2D eigenvalue weighted by Gasteiger charge is -2.12. The minimum atomic E-state index is -0.406. The van der Waals surface area contributed by atoms with Crippen molar-refractivity contribution in [3.63, 3.8) is 0 Å². The topological polar surface area (TPSA) is 68.3 Å². The molecule has 1 aliphatic rings. The highest BCUT2D eigenvalue weighted by Crippen LogP contribution is 2.29. The van der Waals surface area contributed by atoms with Crippen molar-refractivity contribution in [1.82, 2.24) is 4.98 Å². The summed E-state index contributed by atoms with van der Waals surface area (Å²) in [7, 11) is 0. The molecule has 0 saturated carbocycles. The molecule has 1 amide bonds. The number of aromatic nitrogens is 1. The number of hydrogen-bond acceptors (Lipinski definition) is 3. The fraction of sp³-hybridized carbons (Fsp3) is 0.154. The summed E-state index contributed by atoms with van der Waals surface area (Å²) in [6.07, 6.45) is 5.47. The number of carbonyl (C=O) groups is 1. The van der Waals surface area contributed by atoms with Crippen molar-refractivity contribution in [3.05, 3.63) is 35.5 Å². The maximum absolute atomic E-state index is 11.2. The Morgan fingerprint density at radius 3 is 3.06 bits per heavy atom. The van der Waals surface area contributed by atoms with Gasteiger partial charge < -0.3 is 5.73 Å². The Balaban J connectivity index is 2.32. The number of pyridine rings is 1. The third-order valence-corrected chi connectivity index (χ3v) is 3.00. The van der Waals surface area contributed by atoms with Crippen LogP contribution in [0.3, 0.4) is 0 Å². The summed E-state index contributed by atoms with van der Waals surface area (Å²) in [5, 5.41) is 2.05. The number of amides is 1. The third kappa shape index (κ3) is 1.58. The zero-order chi connectivity index (χ0) is 11.8. The molecule has 1 aromatic carbocycles. The average Bonchev–Trinajstić information content (AvgIpc) is 2.38. The highest BCUT2D eigenvalue weighted by Gasteiger charge is 2.12. The van der Waals surface area contributed by atoms with Crippen LogP contribution in [0.1, 0.15) is 22.3 Å². The highest BCUT2D eigenvalue weighted by atomic mass is 16.1. The van der Waals surface area contributed by atoms with Gasteiger partial charge in [-0.2, -0.15) is 0 Å². The molecular formula is C13H11N3O. The molecule has 2 N–H and O–H groups in total. The molecule has 2 aromatic rings. The van der Waals surface area contributed by atoms with E-state index in [1.165, 1.54) is 0 Å². The maximum Gasteiger partial charge on any atom is 0.248 e. The molecule has 4 heteroatoms. The van der Waals surface area contributed by atoms with Crippen LogP contribution in [0.25, 0.3) is 10.8 Å². The fourth-order valence-electron chi connectivity index (χ4n) is 2.13. The summed E-state index contributed by atoms with van der Waals surface area (Å²) >= 11 is 0. The Bertz CT molecular complexity index is 646. The minimum Gasteiger partial charge on any atom is -0.366 e. The first-order valence-corrected chi connectivity index (χ1v) is 5.49. The third-order valence-electron chi connectivity index (χ3n) is 3.00. The quantitative estimate of drug-likeness (QED) is 0.806. The monoisotopic (exact) mass is 225 g/mol. The van der Waals surface area contributed by atoms with E-state index in [2.05, 4.69) is 9.98 Å². The Hall–Kier alpha value is -2.23. The van der Waals surface area contributed by atoms with E-state index in [1.54, 1.807) is 12.3 Å². The van der Waals surface area contributed by atoms with Gasteiger partial charge in [-0.3, -0.25) is 4.79 Å². The van der Waals surface area contributed by atoms with Crippen molar-refractivity contribution in [1.29, 1.82) is 0 Å². The summed E-state index contributed by atoms with van der Waals surface area (Å²) in [5.74, 6) is 0.349. The molecule has 1 aromatic heterocycles. The fourth-order valence-corrected chi connectivity index (χ4v) is 2.13. The van der Waals surface area contributed by atoms with Crippen LogP contribution < -0.4 is 5.73 Å². The van der Waals surface area contributed by atoms with Gasteiger partial charge in [-0.1, -0.05) is 6.07 Å². The zero-order valence-electron chi connectivity index (χ0n) is 9.18. The molecular weight excluding hydrogens is 214 g/mol. The number of nitrogens with two attached hydrogens (primary N) is 1. The van der Waals surface area contributed by atoms with E-state index in [0.29, 0.717) is 5.56 Å². The number of primary amides is 1. The molecule has 2 heterocycles. The molecule has 4 nitrogen and oxygen atoms in total. The smallest absolute Gasteiger partial charge is 0.248 e. The molecule has 0 bridgehead atoms. The van der Waals surface area contributed by atoms with Gasteiger partial charge in [0.15, 0.2) is 5.82 Å². The Morgan fingerprint density at radius 1 is 1.35 bits per heavy atom. The zero-order valence-corrected chi connectivity index (χ0v) is 9.18. The first kappa shape index (κ1) is 9.96. The van der Waals surface area contributed by atoms with Crippen LogP contribution in [0.2, 0.25) is 0 Å². The van der Waals surface area contributed by atoms with Gasteiger partial charge >= 0.3 is 0 Å². The SMILES string of the molecule is NC(=O)c1ccc2cnc3c(c2c1)CCC=N3. The molecule has 0 atom stereocenters. The van der Waals surface area contributed by atoms with E-state index in [1.807, 2.05) is 18.3 Å². The van der Waals surface area contributed by atoms with E-state index in [-0.39, 0.29) is 0 Å². The van der Waals surface area contributed by atoms with E-state index in [0.717, 1.165) is 35.0 Å². The normalized spacial score (nSPS) is 13.6. The summed E-state index contributed by atoms with van der Waals surface area (Å²) in [4.78, 5) is 19.8. The molecule has 0 fully saturated rings. The van der Waals surface area contributed by atoms with Gasteiger partial charge in [0.2, 0.25) is 5.91 Å². The predicted molar refractivity (Wildman–Crippen MR) is 66.7 cm³/mol. The van der Waals surface area contributed by atoms with E-state index >= 15 is 0 Å². The van der Waals surface area contributed by atoms with Crippen LogP contribution in [0.5, 0.6) is 0 Å². The van der Waals surface area contributed by atoms with Crippen LogP contribution in [0, 0.1) is 0 Å². The minimum absolute atomic E-state index is 0.406. The number of aliphatic imine (C=N–C) groups is 1. The van der Waals surface area contributed by atoms with Gasteiger partial charge in [-0.05, 0) is 30.4 Å². The van der Waals surface area contributed by atoms with Gasteiger partial charge in [-0.25, -0.2) is 9.98 Å². The molecule has 84 valence electrons. The van der Waals surface area contributed by atoms with Gasteiger partial charge in [0.05, 0.1) is 0 Å². The molecule has 0 radical (unpaired) electrons. The summed E-state index contributed by atoms with van der Waals surface area (Å²) in [6, 6.07) is 5.44. The predicted octanol–water partition coefficient (Wildman–Crippen LogP) is 1.98. The maximum atomic E-state index is 11.2. The second-order valence-corrected chi connectivity index (χ2v) is 4.08. The van der Waals surface area contributed by atoms with Gasteiger partial charge in [0, 0.05) is 28.9 Å². The first-order valence-electron chi connectivity index (χ1n) is 5.49. The lowest BCUT2D eigenvalue weighted by Crippen LogP contribution is -2.10. The summed E-state index contributed by atoms with van der Waals surface area (Å²) in [6.45, 7) is 0. The van der Waals surface area contributed by atoms with Crippen LogP contribution in [0.4, 0.5) is 5.82 Å². The average molecular weight is 225 g/mol. The molecule has 0 saturated heterocycles. The summed E-state index contributed by atoms with van der Waals surface area (Å²) in [5.41, 5.74) is 6.93. The van der Waals surface area contributed by atoms with E-state index < -0.39 is 5.91 Å². The van der Waals surface area contributed by atoms with Crippen molar-refractivity contribution in [2.75, 3.05) is 0 Å². The lowest BCUT2D eigenvalue weighted by atomic mass is 9.99. The molecule has 0 aliphatic carbocycles. The standard InChI is InChI=1S/C13H11N3O/c14-12(17)8-3-4-9-7-16-13-10(11(9)6-8)2-1-5-15-13/h3-7H,1-2H2,(H2,14,17). The van der Waals surface area contributed by atoms with Crippen molar-refractivity contribution < 1.29 is 4.79 Å². The highest BCUT2D eigenvalue weighted by molar-refractivity contribution is 5.99. The largest absolute Gasteiger partial charge is 0.366 e.